The molecule has 0 radical (unpaired) electrons. The van der Waals surface area contributed by atoms with Crippen LogP contribution < -0.4 is 0 Å². The molecule has 6 heteroatoms. The molecule has 0 aromatic heterocycles. The second-order valence-electron chi connectivity index (χ2n) is 2.99. The maximum absolute atomic E-state index is 11.2. The van der Waals surface area contributed by atoms with Crippen molar-refractivity contribution >= 4 is 29.3 Å². The van der Waals surface area contributed by atoms with E-state index in [1.807, 2.05) is 0 Å². The van der Waals surface area contributed by atoms with Crippen molar-refractivity contribution in [1.82, 2.24) is 0 Å². The Hall–Kier alpha value is -1.88. The highest BCUT2D eigenvalue weighted by molar-refractivity contribution is 6.39. The lowest BCUT2D eigenvalue weighted by atomic mass is 9.95. The number of carboxylic acid groups (broad SMARTS) is 2. The van der Waals surface area contributed by atoms with E-state index in [0.29, 0.717) is 5.02 Å². The highest BCUT2D eigenvalue weighted by Gasteiger charge is 2.32. The molecule has 0 aliphatic carbocycles. The molecule has 84 valence electrons. The number of carbonyl (C=O) groups excluding carboxylic acids is 1. The summed E-state index contributed by atoms with van der Waals surface area (Å²) in [5.41, 5.74) is 0.0873. The molecule has 0 fully saturated rings. The van der Waals surface area contributed by atoms with Gasteiger partial charge in [0.25, 0.3) is 5.78 Å². The van der Waals surface area contributed by atoms with Gasteiger partial charge in [0.15, 0.2) is 5.92 Å². The summed E-state index contributed by atoms with van der Waals surface area (Å²) in [6.07, 6.45) is 0. The van der Waals surface area contributed by atoms with Crippen LogP contribution in [-0.2, 0) is 14.4 Å². The van der Waals surface area contributed by atoms with E-state index in [2.05, 4.69) is 0 Å². The molecule has 1 rings (SSSR count). The fraction of sp³-hybridized carbons (Fsp3) is 0.100. The Morgan fingerprint density at radius 2 is 1.56 bits per heavy atom. The van der Waals surface area contributed by atoms with E-state index in [0.717, 1.165) is 0 Å². The molecule has 0 spiro atoms. The summed E-state index contributed by atoms with van der Waals surface area (Å²) >= 11 is 5.59. The Morgan fingerprint density at radius 3 is 1.94 bits per heavy atom. The van der Waals surface area contributed by atoms with Crippen LogP contribution in [0.5, 0.6) is 0 Å². The molecule has 0 heterocycles. The Kier molecular flexibility index (Phi) is 3.63. The lowest BCUT2D eigenvalue weighted by molar-refractivity contribution is -0.154. The topological polar surface area (TPSA) is 91.7 Å². The van der Waals surface area contributed by atoms with Crippen LogP contribution in [0.25, 0.3) is 0 Å². The van der Waals surface area contributed by atoms with Crippen LogP contribution in [0.1, 0.15) is 11.5 Å². The van der Waals surface area contributed by atoms with Gasteiger partial charge in [-0.3, -0.25) is 9.59 Å². The largest absolute Gasteiger partial charge is 0.480 e. The minimum Gasteiger partial charge on any atom is -0.480 e. The van der Waals surface area contributed by atoms with Crippen LogP contribution in [0.4, 0.5) is 0 Å². The number of ketones is 1. The van der Waals surface area contributed by atoms with Gasteiger partial charge in [-0.1, -0.05) is 23.7 Å². The minimum atomic E-state index is -1.78. The molecule has 16 heavy (non-hydrogen) atoms. The average Bonchev–Trinajstić information content (AvgIpc) is 2.20. The number of halogens is 1. The lowest BCUT2D eigenvalue weighted by Crippen LogP contribution is -2.27. The fourth-order valence-electron chi connectivity index (χ4n) is 1.18. The van der Waals surface area contributed by atoms with Crippen LogP contribution in [0.15, 0.2) is 24.3 Å². The van der Waals surface area contributed by atoms with Gasteiger partial charge >= 0.3 is 11.9 Å². The first kappa shape index (κ1) is 12.2. The van der Waals surface area contributed by atoms with Crippen molar-refractivity contribution in [2.75, 3.05) is 0 Å². The molecule has 2 N–H and O–H groups in total. The van der Waals surface area contributed by atoms with Gasteiger partial charge in [0.05, 0.1) is 0 Å². The Bertz CT molecular complexity index is 437. The molecule has 1 atom stereocenters. The average molecular weight is 243 g/mol. The highest BCUT2D eigenvalue weighted by atomic mass is 35.5. The van der Waals surface area contributed by atoms with Gasteiger partial charge in [0.2, 0.25) is 0 Å². The van der Waals surface area contributed by atoms with Crippen molar-refractivity contribution < 1.29 is 24.6 Å². The number of Topliss-reactive ketones (excluding diaryl/α,β-unsaturated/α-hetero) is 1. The molecule has 0 saturated heterocycles. The third-order valence-electron chi connectivity index (χ3n) is 1.92. The van der Waals surface area contributed by atoms with Crippen LogP contribution in [-0.4, -0.2) is 27.9 Å². The third kappa shape index (κ3) is 2.58. The quantitative estimate of drug-likeness (QED) is 0.611. The number of hydrogen-bond donors (Lipinski definition) is 2. The number of rotatable bonds is 4. The molecular formula is C10H7ClO5. The van der Waals surface area contributed by atoms with E-state index in [-0.39, 0.29) is 5.56 Å². The summed E-state index contributed by atoms with van der Waals surface area (Å²) in [4.78, 5) is 32.4. The highest BCUT2D eigenvalue weighted by Crippen LogP contribution is 2.20. The predicted molar refractivity (Wildman–Crippen MR) is 54.5 cm³/mol. The molecule has 5 nitrogen and oxygen atoms in total. The first-order valence-corrected chi connectivity index (χ1v) is 4.56. The normalized spacial score (nSPS) is 11.8. The van der Waals surface area contributed by atoms with E-state index in [9.17, 15) is 14.4 Å². The molecule has 1 aromatic rings. The smallest absolute Gasteiger partial charge is 0.373 e. The van der Waals surface area contributed by atoms with Gasteiger partial charge in [-0.15, -0.1) is 0 Å². The Morgan fingerprint density at radius 1 is 1.06 bits per heavy atom. The first-order chi connectivity index (χ1) is 7.43. The number of aliphatic carboxylic acids is 2. The number of carboxylic acids is 2. The van der Waals surface area contributed by atoms with Crippen molar-refractivity contribution in [3.05, 3.63) is 34.9 Å². The van der Waals surface area contributed by atoms with Crippen molar-refractivity contribution in [3.63, 3.8) is 0 Å². The second-order valence-corrected chi connectivity index (χ2v) is 3.43. The summed E-state index contributed by atoms with van der Waals surface area (Å²) in [5, 5.41) is 17.6. The van der Waals surface area contributed by atoms with Crippen molar-refractivity contribution in [3.8, 4) is 0 Å². The van der Waals surface area contributed by atoms with E-state index in [1.54, 1.807) is 0 Å². The van der Waals surface area contributed by atoms with Crippen LogP contribution >= 0.6 is 11.6 Å². The molecule has 0 amide bonds. The molecule has 0 saturated carbocycles. The predicted octanol–water partition coefficient (Wildman–Crippen LogP) is 1.16. The van der Waals surface area contributed by atoms with Gasteiger partial charge in [0.1, 0.15) is 0 Å². The van der Waals surface area contributed by atoms with Crippen molar-refractivity contribution in [2.24, 2.45) is 0 Å². The summed E-state index contributed by atoms with van der Waals surface area (Å²) < 4.78 is 0. The van der Waals surface area contributed by atoms with E-state index in [4.69, 9.17) is 21.8 Å². The summed E-state index contributed by atoms with van der Waals surface area (Å²) in [7, 11) is 0. The maximum atomic E-state index is 11.2. The summed E-state index contributed by atoms with van der Waals surface area (Å²) in [6.45, 7) is 0. The summed E-state index contributed by atoms with van der Waals surface area (Å²) in [5.74, 6) is -6.36. The zero-order chi connectivity index (χ0) is 12.3. The van der Waals surface area contributed by atoms with E-state index in [1.165, 1.54) is 24.3 Å². The van der Waals surface area contributed by atoms with Crippen LogP contribution in [0.2, 0.25) is 5.02 Å². The molecule has 0 aliphatic heterocycles. The Balaban J connectivity index is 3.13. The van der Waals surface area contributed by atoms with Crippen molar-refractivity contribution in [1.29, 1.82) is 0 Å². The number of benzene rings is 1. The zero-order valence-electron chi connectivity index (χ0n) is 7.88. The van der Waals surface area contributed by atoms with Gasteiger partial charge < -0.3 is 10.2 Å². The van der Waals surface area contributed by atoms with Gasteiger partial charge in [-0.05, 0) is 17.7 Å². The second kappa shape index (κ2) is 4.76. The van der Waals surface area contributed by atoms with Crippen LogP contribution in [0, 0.1) is 0 Å². The number of carbonyl (C=O) groups is 3. The first-order valence-electron chi connectivity index (χ1n) is 4.19. The van der Waals surface area contributed by atoms with Gasteiger partial charge in [-0.2, -0.15) is 0 Å². The van der Waals surface area contributed by atoms with Crippen molar-refractivity contribution in [2.45, 2.75) is 5.92 Å². The summed E-state index contributed by atoms with van der Waals surface area (Å²) in [6, 6.07) is 5.40. The SMILES string of the molecule is O=C(O)C(=O)C(C(=O)O)c1ccc(Cl)cc1. The minimum absolute atomic E-state index is 0.0873. The Labute approximate surface area is 95.3 Å². The van der Waals surface area contributed by atoms with E-state index < -0.39 is 23.6 Å². The third-order valence-corrected chi connectivity index (χ3v) is 2.18. The van der Waals surface area contributed by atoms with E-state index >= 15 is 0 Å². The molecule has 1 unspecified atom stereocenters. The van der Waals surface area contributed by atoms with Gasteiger partial charge in [-0.25, -0.2) is 4.79 Å². The van der Waals surface area contributed by atoms with Gasteiger partial charge in [0, 0.05) is 5.02 Å². The molecular weight excluding hydrogens is 236 g/mol. The van der Waals surface area contributed by atoms with Crippen LogP contribution in [0.3, 0.4) is 0 Å². The molecule has 0 bridgehead atoms. The molecule has 0 aliphatic rings. The fourth-order valence-corrected chi connectivity index (χ4v) is 1.31. The lowest BCUT2D eigenvalue weighted by Gasteiger charge is -2.08. The monoisotopic (exact) mass is 242 g/mol. The number of hydrogen-bond acceptors (Lipinski definition) is 3. The maximum Gasteiger partial charge on any atom is 0.373 e. The zero-order valence-corrected chi connectivity index (χ0v) is 8.64. The standard InChI is InChI=1S/C10H7ClO5/c11-6-3-1-5(2-4-6)7(9(13)14)8(12)10(15)16/h1-4,7H,(H,13,14)(H,15,16). The molecule has 1 aromatic carbocycles.